The van der Waals surface area contributed by atoms with Crippen LogP contribution in [-0.2, 0) is 14.9 Å². The molecule has 92 valence electrons. The van der Waals surface area contributed by atoms with E-state index < -0.39 is 10.2 Å². The van der Waals surface area contributed by atoms with Gasteiger partial charge in [0.2, 0.25) is 0 Å². The number of methoxy groups -OCH3 is 1. The molecule has 0 saturated carbocycles. The molecule has 1 atom stereocenters. The van der Waals surface area contributed by atoms with Gasteiger partial charge in [0.25, 0.3) is 10.2 Å². The lowest BCUT2D eigenvalue weighted by molar-refractivity contribution is 0.204. The second kappa shape index (κ2) is 8.00. The van der Waals surface area contributed by atoms with Crippen LogP contribution in [0.1, 0.15) is 6.92 Å². The third kappa shape index (κ3) is 8.76. The molecule has 0 fully saturated rings. The zero-order chi connectivity index (χ0) is 11.7. The normalized spacial score (nSPS) is 14.1. The fourth-order valence-electron chi connectivity index (χ4n) is 1.00. The van der Waals surface area contributed by atoms with Crippen LogP contribution < -0.4 is 14.8 Å². The Balaban J connectivity index is 3.73. The molecule has 3 N–H and O–H groups in total. The average Bonchev–Trinajstić information content (AvgIpc) is 2.16. The fraction of sp³-hybridized carbons (Fsp3) is 1.00. The zero-order valence-electron chi connectivity index (χ0n) is 9.54. The van der Waals surface area contributed by atoms with Gasteiger partial charge in [0, 0.05) is 20.2 Å². The number of rotatable bonds is 9. The fourth-order valence-corrected chi connectivity index (χ4v) is 1.96. The van der Waals surface area contributed by atoms with Crippen molar-refractivity contribution in [1.82, 2.24) is 14.8 Å². The molecule has 0 aromatic heterocycles. The van der Waals surface area contributed by atoms with E-state index in [1.54, 1.807) is 0 Å². The first-order chi connectivity index (χ1) is 7.02. The van der Waals surface area contributed by atoms with E-state index in [0.717, 1.165) is 6.54 Å². The number of ether oxygens (including phenoxy) is 1. The van der Waals surface area contributed by atoms with Gasteiger partial charge in [0.1, 0.15) is 0 Å². The van der Waals surface area contributed by atoms with Crippen LogP contribution in [0.15, 0.2) is 0 Å². The van der Waals surface area contributed by atoms with Crippen LogP contribution in [-0.4, -0.2) is 48.8 Å². The lowest BCUT2D eigenvalue weighted by Crippen LogP contribution is -2.41. The Morgan fingerprint density at radius 3 is 2.47 bits per heavy atom. The molecule has 15 heavy (non-hydrogen) atoms. The van der Waals surface area contributed by atoms with Crippen molar-refractivity contribution in [2.75, 3.05) is 40.4 Å². The molecule has 0 saturated heterocycles. The summed E-state index contributed by atoms with van der Waals surface area (Å²) in [6.45, 7) is 3.82. The van der Waals surface area contributed by atoms with Crippen LogP contribution in [0.2, 0.25) is 0 Å². The molecule has 0 aliphatic carbocycles. The van der Waals surface area contributed by atoms with Crippen LogP contribution in [0, 0.1) is 5.92 Å². The van der Waals surface area contributed by atoms with E-state index in [0.29, 0.717) is 13.2 Å². The van der Waals surface area contributed by atoms with Gasteiger partial charge >= 0.3 is 0 Å². The Kier molecular flexibility index (Phi) is 7.89. The summed E-state index contributed by atoms with van der Waals surface area (Å²) in [7, 11) is -0.0153. The van der Waals surface area contributed by atoms with E-state index in [1.807, 2.05) is 14.0 Å². The van der Waals surface area contributed by atoms with Gasteiger partial charge in [0.15, 0.2) is 0 Å². The molecule has 0 aliphatic heterocycles. The Labute approximate surface area is 92.0 Å². The van der Waals surface area contributed by atoms with Gasteiger partial charge in [-0.3, -0.25) is 0 Å². The van der Waals surface area contributed by atoms with Gasteiger partial charge in [-0.1, -0.05) is 6.92 Å². The Hall–Kier alpha value is -0.210. The molecule has 0 rings (SSSR count). The van der Waals surface area contributed by atoms with Crippen molar-refractivity contribution in [1.29, 1.82) is 0 Å². The predicted molar refractivity (Wildman–Crippen MR) is 59.9 cm³/mol. The molecule has 7 heteroatoms. The van der Waals surface area contributed by atoms with E-state index in [1.165, 1.54) is 7.11 Å². The van der Waals surface area contributed by atoms with E-state index in [9.17, 15) is 8.42 Å². The predicted octanol–water partition coefficient (Wildman–Crippen LogP) is -1.09. The number of nitrogens with one attached hydrogen (secondary N) is 3. The minimum atomic E-state index is -3.37. The average molecular weight is 239 g/mol. The zero-order valence-corrected chi connectivity index (χ0v) is 10.4. The third-order valence-electron chi connectivity index (χ3n) is 1.77. The highest BCUT2D eigenvalue weighted by Crippen LogP contribution is 1.90. The third-order valence-corrected chi connectivity index (χ3v) is 2.90. The molecule has 0 aromatic carbocycles. The maximum Gasteiger partial charge on any atom is 0.276 e. The van der Waals surface area contributed by atoms with Crippen LogP contribution in [0.25, 0.3) is 0 Å². The van der Waals surface area contributed by atoms with Crippen molar-refractivity contribution in [2.45, 2.75) is 6.92 Å². The summed E-state index contributed by atoms with van der Waals surface area (Å²) in [6.07, 6.45) is 0. The van der Waals surface area contributed by atoms with Crippen LogP contribution in [0.5, 0.6) is 0 Å². The highest BCUT2D eigenvalue weighted by Gasteiger charge is 2.10. The summed E-state index contributed by atoms with van der Waals surface area (Å²) in [5, 5.41) is 2.98. The first-order valence-corrected chi connectivity index (χ1v) is 6.38. The first kappa shape index (κ1) is 14.8. The largest absolute Gasteiger partial charge is 0.383 e. The molecule has 1 unspecified atom stereocenters. The molecule has 0 heterocycles. The molecular formula is C8H21N3O3S. The molecule has 0 spiro atoms. The summed E-state index contributed by atoms with van der Waals surface area (Å²) in [4.78, 5) is 0. The van der Waals surface area contributed by atoms with E-state index >= 15 is 0 Å². The Bertz CT molecular complexity index is 244. The summed E-state index contributed by atoms with van der Waals surface area (Å²) in [5.74, 6) is 0.258. The minimum Gasteiger partial charge on any atom is -0.383 e. The van der Waals surface area contributed by atoms with Crippen molar-refractivity contribution in [2.24, 2.45) is 5.92 Å². The molecule has 0 bridgehead atoms. The molecular weight excluding hydrogens is 218 g/mol. The summed E-state index contributed by atoms with van der Waals surface area (Å²) in [6, 6.07) is 0. The Morgan fingerprint density at radius 2 is 1.93 bits per heavy atom. The smallest absolute Gasteiger partial charge is 0.276 e. The van der Waals surface area contributed by atoms with Crippen LogP contribution in [0.4, 0.5) is 0 Å². The lowest BCUT2D eigenvalue weighted by Gasteiger charge is -2.12. The van der Waals surface area contributed by atoms with Crippen molar-refractivity contribution in [3.63, 3.8) is 0 Å². The van der Waals surface area contributed by atoms with E-state index in [2.05, 4.69) is 14.8 Å². The quantitative estimate of drug-likeness (QED) is 0.447. The van der Waals surface area contributed by atoms with Gasteiger partial charge in [-0.25, -0.2) is 4.72 Å². The summed E-state index contributed by atoms with van der Waals surface area (Å²) in [5.41, 5.74) is 0. The molecule has 0 amide bonds. The highest BCUT2D eigenvalue weighted by molar-refractivity contribution is 7.87. The van der Waals surface area contributed by atoms with Gasteiger partial charge in [-0.2, -0.15) is 13.1 Å². The van der Waals surface area contributed by atoms with Crippen LogP contribution in [0.3, 0.4) is 0 Å². The van der Waals surface area contributed by atoms with Crippen molar-refractivity contribution in [3.8, 4) is 0 Å². The summed E-state index contributed by atoms with van der Waals surface area (Å²) < 4.78 is 32.2. The monoisotopic (exact) mass is 239 g/mol. The maximum absolute atomic E-state index is 11.3. The van der Waals surface area contributed by atoms with Crippen molar-refractivity contribution in [3.05, 3.63) is 0 Å². The maximum atomic E-state index is 11.3. The molecule has 6 nitrogen and oxygen atoms in total. The van der Waals surface area contributed by atoms with Crippen LogP contribution >= 0.6 is 0 Å². The SMILES string of the molecule is CNCC(C)CNS(=O)(=O)NCCOC. The highest BCUT2D eigenvalue weighted by atomic mass is 32.2. The second-order valence-electron chi connectivity index (χ2n) is 3.40. The van der Waals surface area contributed by atoms with E-state index in [-0.39, 0.29) is 12.5 Å². The molecule has 0 aromatic rings. The van der Waals surface area contributed by atoms with Gasteiger partial charge < -0.3 is 10.1 Å². The van der Waals surface area contributed by atoms with Crippen molar-refractivity contribution >= 4 is 10.2 Å². The van der Waals surface area contributed by atoms with Crippen molar-refractivity contribution < 1.29 is 13.2 Å². The molecule has 0 radical (unpaired) electrons. The van der Waals surface area contributed by atoms with Gasteiger partial charge in [-0.05, 0) is 19.5 Å². The molecule has 0 aliphatic rings. The standard InChI is InChI=1S/C8H21N3O3S/c1-8(6-9-2)7-11-15(12,13)10-4-5-14-3/h8-11H,4-7H2,1-3H3. The van der Waals surface area contributed by atoms with Gasteiger partial charge in [0.05, 0.1) is 6.61 Å². The number of hydrogen-bond acceptors (Lipinski definition) is 4. The number of hydrogen-bond donors (Lipinski definition) is 3. The second-order valence-corrected chi connectivity index (χ2v) is 4.99. The van der Waals surface area contributed by atoms with Gasteiger partial charge in [-0.15, -0.1) is 0 Å². The minimum absolute atomic E-state index is 0.258. The Morgan fingerprint density at radius 1 is 1.27 bits per heavy atom. The lowest BCUT2D eigenvalue weighted by atomic mass is 10.2. The van der Waals surface area contributed by atoms with E-state index in [4.69, 9.17) is 4.74 Å². The topological polar surface area (TPSA) is 79.5 Å². The summed E-state index contributed by atoms with van der Waals surface area (Å²) >= 11 is 0. The first-order valence-electron chi connectivity index (χ1n) is 4.89.